The molecule has 0 N–H and O–H groups in total. The standard InChI is InChI=1S/C52H77BN2O3/c1-49(2,3)30-17-21-34(22-18-30)54-39-26-31(50(4,5)6)19-23-37(39)53-45-35(25-33(27-40(45)54)52(10,11)12)36-29-44-47(57-42-16-14-13-15-41(42)56-44)48-46(36)55(53)38-24-20-32(51(7,8)9)28-43(38)58-48/h17-19,21-23,26,32-33,35-36,38,40-48H,13-16,20,24-25,27-29H2,1-12H3. The second kappa shape index (κ2) is 13.8. The number of fused-ring (bicyclic) bond motifs is 9. The zero-order valence-electron chi connectivity index (χ0n) is 38.4. The molecule has 6 heteroatoms. The molecule has 0 aromatic heterocycles. The minimum Gasteiger partial charge on any atom is -0.369 e. The maximum atomic E-state index is 7.74. The van der Waals surface area contributed by atoms with Crippen LogP contribution in [0.4, 0.5) is 11.4 Å². The Morgan fingerprint density at radius 2 is 1.19 bits per heavy atom. The molecule has 4 aliphatic carbocycles. The van der Waals surface area contributed by atoms with Gasteiger partial charge in [0, 0.05) is 29.5 Å². The van der Waals surface area contributed by atoms with E-state index in [1.807, 2.05) is 0 Å². The minimum atomic E-state index is 0.0255. The second-order valence-corrected chi connectivity index (χ2v) is 25.0. The Morgan fingerprint density at radius 3 is 1.84 bits per heavy atom. The third-order valence-electron chi connectivity index (χ3n) is 17.6. The van der Waals surface area contributed by atoms with Gasteiger partial charge in [0.15, 0.2) is 0 Å². The van der Waals surface area contributed by atoms with Crippen molar-refractivity contribution in [2.75, 3.05) is 4.90 Å². The second-order valence-electron chi connectivity index (χ2n) is 25.0. The molecule has 8 aliphatic rings. The number of ether oxygens (including phenoxy) is 3. The van der Waals surface area contributed by atoms with Crippen LogP contribution in [0, 0.1) is 34.5 Å². The van der Waals surface area contributed by atoms with E-state index >= 15 is 0 Å². The van der Waals surface area contributed by atoms with E-state index in [0.29, 0.717) is 54.5 Å². The molecule has 4 aliphatic heterocycles. The summed E-state index contributed by atoms with van der Waals surface area (Å²) in [5, 5.41) is 0. The summed E-state index contributed by atoms with van der Waals surface area (Å²) in [6.45, 7) is 29.6. The van der Waals surface area contributed by atoms with Gasteiger partial charge < -0.3 is 23.9 Å². The smallest absolute Gasteiger partial charge is 0.266 e. The number of rotatable bonds is 1. The maximum absolute atomic E-state index is 7.74. The summed E-state index contributed by atoms with van der Waals surface area (Å²) in [6.07, 6.45) is 13.1. The highest BCUT2D eigenvalue weighted by Crippen LogP contribution is 2.63. The van der Waals surface area contributed by atoms with Gasteiger partial charge in [-0.25, -0.2) is 0 Å². The molecule has 4 heterocycles. The number of hydrogen-bond donors (Lipinski definition) is 0. The molecule has 2 aromatic rings. The number of nitrogens with zero attached hydrogens (tertiary/aromatic N) is 2. The van der Waals surface area contributed by atoms with Crippen LogP contribution in [-0.2, 0) is 25.0 Å². The average molecular weight is 789 g/mol. The fraction of sp³-hybridized carbons (Fsp3) is 0.769. The van der Waals surface area contributed by atoms with Gasteiger partial charge in [-0.05, 0) is 137 Å². The molecule has 3 saturated heterocycles. The fourth-order valence-corrected chi connectivity index (χ4v) is 14.3. The Labute approximate surface area is 353 Å². The van der Waals surface area contributed by atoms with Gasteiger partial charge in [-0.1, -0.05) is 120 Å². The number of morpholine rings is 1. The van der Waals surface area contributed by atoms with E-state index < -0.39 is 0 Å². The van der Waals surface area contributed by atoms with Crippen molar-refractivity contribution in [3.05, 3.63) is 53.6 Å². The van der Waals surface area contributed by atoms with E-state index in [0.717, 1.165) is 25.7 Å². The first-order chi connectivity index (χ1) is 27.3. The normalized spacial score (nSPS) is 40.1. The van der Waals surface area contributed by atoms with Crippen LogP contribution in [0.15, 0.2) is 42.5 Å². The molecule has 0 spiro atoms. The van der Waals surface area contributed by atoms with Gasteiger partial charge in [0.1, 0.15) is 12.2 Å². The monoisotopic (exact) mass is 789 g/mol. The first-order valence-corrected chi connectivity index (χ1v) is 24.1. The topological polar surface area (TPSA) is 34.2 Å². The summed E-state index contributed by atoms with van der Waals surface area (Å²) < 4.78 is 22.4. The summed E-state index contributed by atoms with van der Waals surface area (Å²) in [6, 6.07) is 18.8. The molecular formula is C52H77BN2O3. The Bertz CT molecular complexity index is 1850. The molecule has 7 fully saturated rings. The summed E-state index contributed by atoms with van der Waals surface area (Å²) in [4.78, 5) is 6.09. The molecule has 2 aromatic carbocycles. The van der Waals surface area contributed by atoms with E-state index in [1.165, 1.54) is 61.0 Å². The van der Waals surface area contributed by atoms with Crippen molar-refractivity contribution in [3.8, 4) is 0 Å². The quantitative estimate of drug-likeness (QED) is 0.269. The lowest BCUT2D eigenvalue weighted by Gasteiger charge is -2.70. The van der Waals surface area contributed by atoms with Crippen molar-refractivity contribution < 1.29 is 14.2 Å². The van der Waals surface area contributed by atoms with E-state index in [-0.39, 0.29) is 58.3 Å². The lowest BCUT2D eigenvalue weighted by Crippen LogP contribution is -2.82. The zero-order chi connectivity index (χ0) is 40.8. The zero-order valence-corrected chi connectivity index (χ0v) is 38.4. The fourth-order valence-electron chi connectivity index (χ4n) is 14.3. The lowest BCUT2D eigenvalue weighted by molar-refractivity contribution is -0.310. The highest BCUT2D eigenvalue weighted by molar-refractivity contribution is 6.75. The predicted octanol–water partition coefficient (Wildman–Crippen LogP) is 11.2. The van der Waals surface area contributed by atoms with Gasteiger partial charge in [-0.3, -0.25) is 0 Å². The van der Waals surface area contributed by atoms with Crippen molar-refractivity contribution in [1.29, 1.82) is 0 Å². The molecule has 10 rings (SSSR count). The highest BCUT2D eigenvalue weighted by atomic mass is 16.6. The number of anilines is 2. The highest BCUT2D eigenvalue weighted by Gasteiger charge is 2.69. The first-order valence-electron chi connectivity index (χ1n) is 24.1. The Hall–Kier alpha value is -1.86. The van der Waals surface area contributed by atoms with Crippen LogP contribution in [-0.4, -0.2) is 66.4 Å². The maximum Gasteiger partial charge on any atom is 0.266 e. The molecule has 14 unspecified atom stereocenters. The summed E-state index contributed by atoms with van der Waals surface area (Å²) in [7, 11) is 0. The van der Waals surface area contributed by atoms with E-state index in [1.54, 1.807) is 5.46 Å². The molecular weight excluding hydrogens is 711 g/mol. The SMILES string of the molecule is CC(C)(C)c1ccc(N2c3cc(C(C)(C)C)ccc3B3C4C(CC(C(C)(C)C)CC42)C2CC4OC5CCCCC5OC4C4OC5CC(C(C)(C)C)CCC5N3C24)cc1. The molecule has 5 nitrogen and oxygen atoms in total. The molecule has 0 bridgehead atoms. The van der Waals surface area contributed by atoms with Crippen molar-refractivity contribution in [3.63, 3.8) is 0 Å². The molecule has 58 heavy (non-hydrogen) atoms. The van der Waals surface area contributed by atoms with Crippen LogP contribution in [0.3, 0.4) is 0 Å². The Balaban J connectivity index is 1.17. The molecule has 0 radical (unpaired) electrons. The van der Waals surface area contributed by atoms with Crippen molar-refractivity contribution in [2.24, 2.45) is 34.5 Å². The van der Waals surface area contributed by atoms with Gasteiger partial charge in [0.2, 0.25) is 0 Å². The van der Waals surface area contributed by atoms with E-state index in [9.17, 15) is 0 Å². The largest absolute Gasteiger partial charge is 0.369 e. The third-order valence-corrected chi connectivity index (χ3v) is 17.6. The van der Waals surface area contributed by atoms with Crippen molar-refractivity contribution in [1.82, 2.24) is 4.81 Å². The van der Waals surface area contributed by atoms with Crippen LogP contribution >= 0.6 is 0 Å². The summed E-state index contributed by atoms with van der Waals surface area (Å²) in [5.74, 6) is 2.97. The van der Waals surface area contributed by atoms with Crippen LogP contribution in [0.5, 0.6) is 0 Å². The first kappa shape index (κ1) is 40.2. The average Bonchev–Trinajstić information content (AvgIpc) is 3.16. The van der Waals surface area contributed by atoms with Gasteiger partial charge in [0.25, 0.3) is 6.85 Å². The minimum absolute atomic E-state index is 0.0255. The lowest BCUT2D eigenvalue weighted by atomic mass is 9.30. The van der Waals surface area contributed by atoms with Gasteiger partial charge in [0.05, 0.1) is 24.4 Å². The number of hydrogen-bond acceptors (Lipinski definition) is 5. The third kappa shape index (κ3) is 6.52. The number of benzene rings is 2. The molecule has 316 valence electrons. The van der Waals surface area contributed by atoms with Crippen molar-refractivity contribution >= 4 is 23.7 Å². The van der Waals surface area contributed by atoms with Gasteiger partial charge >= 0.3 is 0 Å². The van der Waals surface area contributed by atoms with Crippen LogP contribution in [0.25, 0.3) is 0 Å². The van der Waals surface area contributed by atoms with Crippen molar-refractivity contribution in [2.45, 2.75) is 219 Å². The summed E-state index contributed by atoms with van der Waals surface area (Å²) in [5.41, 5.74) is 7.93. The molecule has 0 amide bonds. The van der Waals surface area contributed by atoms with Crippen LogP contribution in [0.1, 0.15) is 158 Å². The Morgan fingerprint density at radius 1 is 0.552 bits per heavy atom. The van der Waals surface area contributed by atoms with E-state index in [4.69, 9.17) is 14.2 Å². The van der Waals surface area contributed by atoms with Gasteiger partial charge in [-0.2, -0.15) is 0 Å². The van der Waals surface area contributed by atoms with Gasteiger partial charge in [-0.15, -0.1) is 0 Å². The molecule has 14 atom stereocenters. The summed E-state index contributed by atoms with van der Waals surface area (Å²) >= 11 is 0. The van der Waals surface area contributed by atoms with Crippen LogP contribution in [0.2, 0.25) is 5.82 Å². The van der Waals surface area contributed by atoms with Crippen LogP contribution < -0.4 is 10.4 Å². The predicted molar refractivity (Wildman–Crippen MR) is 240 cm³/mol. The molecule has 4 saturated carbocycles. The van der Waals surface area contributed by atoms with E-state index in [2.05, 4.69) is 135 Å². The Kier molecular flexibility index (Phi) is 9.59.